The van der Waals surface area contributed by atoms with E-state index in [1.165, 1.54) is 0 Å². The molecule has 0 radical (unpaired) electrons. The van der Waals surface area contributed by atoms with Gasteiger partial charge < -0.3 is 10.2 Å². The van der Waals surface area contributed by atoms with E-state index in [1.54, 1.807) is 4.90 Å². The summed E-state index contributed by atoms with van der Waals surface area (Å²) < 4.78 is 0. The fourth-order valence-corrected chi connectivity index (χ4v) is 2.23. The van der Waals surface area contributed by atoms with Crippen LogP contribution in [-0.4, -0.2) is 35.3 Å². The minimum absolute atomic E-state index is 0.00198. The topological polar surface area (TPSA) is 49.4 Å². The summed E-state index contributed by atoms with van der Waals surface area (Å²) >= 11 is 0. The second kappa shape index (κ2) is 5.72. The van der Waals surface area contributed by atoms with Gasteiger partial charge in [-0.3, -0.25) is 9.59 Å². The van der Waals surface area contributed by atoms with Gasteiger partial charge in [0.2, 0.25) is 11.8 Å². The van der Waals surface area contributed by atoms with Crippen LogP contribution in [0.15, 0.2) is 0 Å². The number of nitrogens with one attached hydrogen (secondary N) is 1. The third-order valence-corrected chi connectivity index (χ3v) is 3.47. The van der Waals surface area contributed by atoms with E-state index in [-0.39, 0.29) is 29.3 Å². The number of hydrogen-bond acceptors (Lipinski definition) is 2. The largest absolute Gasteiger partial charge is 0.343 e. The Morgan fingerprint density at radius 2 is 1.78 bits per heavy atom. The fraction of sp³-hybridized carbons (Fsp3) is 0.857. The molecule has 0 bridgehead atoms. The summed E-state index contributed by atoms with van der Waals surface area (Å²) in [6.07, 6.45) is 2.25. The first kappa shape index (κ1) is 15.0. The van der Waals surface area contributed by atoms with Crippen molar-refractivity contribution in [3.8, 4) is 0 Å². The number of rotatable bonds is 4. The normalized spacial score (nSPS) is 25.3. The summed E-state index contributed by atoms with van der Waals surface area (Å²) in [5, 5.41) is 2.81. The first-order valence-corrected chi connectivity index (χ1v) is 6.91. The summed E-state index contributed by atoms with van der Waals surface area (Å²) in [7, 11) is 0. The smallest absolute Gasteiger partial charge is 0.245 e. The molecule has 0 saturated carbocycles. The van der Waals surface area contributed by atoms with Gasteiger partial charge in [0.25, 0.3) is 0 Å². The van der Waals surface area contributed by atoms with Crippen LogP contribution in [0.25, 0.3) is 0 Å². The molecule has 0 aromatic rings. The summed E-state index contributed by atoms with van der Waals surface area (Å²) in [5.41, 5.74) is 0.175. The number of carbonyl (C=O) groups is 2. The Morgan fingerprint density at radius 1 is 1.17 bits per heavy atom. The Balaban J connectivity index is 2.80. The van der Waals surface area contributed by atoms with Gasteiger partial charge >= 0.3 is 0 Å². The summed E-state index contributed by atoms with van der Waals surface area (Å²) in [4.78, 5) is 26.0. The zero-order valence-electron chi connectivity index (χ0n) is 12.2. The van der Waals surface area contributed by atoms with Crippen molar-refractivity contribution in [3.05, 3.63) is 0 Å². The average Bonchev–Trinajstić information content (AvgIpc) is 2.28. The maximum atomic E-state index is 12.3. The Kier molecular flexibility index (Phi) is 4.77. The Hall–Kier alpha value is -1.06. The molecule has 1 rings (SSSR count). The highest BCUT2D eigenvalue weighted by Gasteiger charge is 2.38. The zero-order chi connectivity index (χ0) is 13.9. The summed E-state index contributed by atoms with van der Waals surface area (Å²) in [5.74, 6) is 0.0751. The van der Waals surface area contributed by atoms with Crippen molar-refractivity contribution in [2.75, 3.05) is 6.54 Å². The Morgan fingerprint density at radius 3 is 2.22 bits per heavy atom. The minimum atomic E-state index is -0.333. The van der Waals surface area contributed by atoms with Crippen molar-refractivity contribution >= 4 is 11.8 Å². The van der Waals surface area contributed by atoms with Gasteiger partial charge in [0, 0.05) is 6.54 Å². The first-order chi connectivity index (χ1) is 8.30. The van der Waals surface area contributed by atoms with Crippen molar-refractivity contribution < 1.29 is 9.59 Å². The lowest BCUT2D eigenvalue weighted by molar-refractivity contribution is -0.149. The molecule has 2 amide bonds. The van der Waals surface area contributed by atoms with E-state index in [4.69, 9.17) is 0 Å². The van der Waals surface area contributed by atoms with Crippen LogP contribution in [0.2, 0.25) is 0 Å². The highest BCUT2D eigenvalue weighted by molar-refractivity contribution is 5.96. The van der Waals surface area contributed by atoms with E-state index < -0.39 is 0 Å². The van der Waals surface area contributed by atoms with Crippen LogP contribution in [0, 0.1) is 5.41 Å². The Bertz CT molecular complexity index is 320. The molecule has 1 N–H and O–H groups in total. The molecule has 4 heteroatoms. The maximum Gasteiger partial charge on any atom is 0.245 e. The quantitative estimate of drug-likeness (QED) is 0.833. The van der Waals surface area contributed by atoms with E-state index in [2.05, 4.69) is 26.1 Å². The third kappa shape index (κ3) is 3.47. The lowest BCUT2D eigenvalue weighted by Gasteiger charge is -2.39. The molecule has 104 valence electrons. The van der Waals surface area contributed by atoms with Crippen LogP contribution < -0.4 is 5.32 Å². The molecule has 1 aliphatic rings. The molecule has 0 aromatic carbocycles. The van der Waals surface area contributed by atoms with E-state index >= 15 is 0 Å². The SMILES string of the molecule is CCC1NC(=O)C(CC)N(CCC(C)(C)C)C1=O. The predicted molar refractivity (Wildman–Crippen MR) is 72.1 cm³/mol. The fourth-order valence-electron chi connectivity index (χ4n) is 2.23. The molecule has 0 spiro atoms. The average molecular weight is 254 g/mol. The van der Waals surface area contributed by atoms with Crippen molar-refractivity contribution in [1.29, 1.82) is 0 Å². The molecule has 1 saturated heterocycles. The van der Waals surface area contributed by atoms with E-state index in [9.17, 15) is 9.59 Å². The zero-order valence-corrected chi connectivity index (χ0v) is 12.2. The molecule has 18 heavy (non-hydrogen) atoms. The van der Waals surface area contributed by atoms with Crippen LogP contribution in [0.3, 0.4) is 0 Å². The standard InChI is InChI=1S/C14H26N2O2/c1-6-10-13(18)16(9-8-14(3,4)5)11(7-2)12(17)15-10/h10-11H,6-9H2,1-5H3,(H,15,17). The first-order valence-electron chi connectivity index (χ1n) is 6.91. The number of nitrogens with zero attached hydrogens (tertiary/aromatic N) is 1. The molecule has 2 unspecified atom stereocenters. The maximum absolute atomic E-state index is 12.3. The molecule has 4 nitrogen and oxygen atoms in total. The van der Waals surface area contributed by atoms with Gasteiger partial charge in [0.1, 0.15) is 12.1 Å². The van der Waals surface area contributed by atoms with E-state index in [1.807, 2.05) is 13.8 Å². The number of carbonyl (C=O) groups excluding carboxylic acids is 2. The minimum Gasteiger partial charge on any atom is -0.343 e. The predicted octanol–water partition coefficient (Wildman–Crippen LogP) is 1.94. The van der Waals surface area contributed by atoms with Gasteiger partial charge in [-0.25, -0.2) is 0 Å². The van der Waals surface area contributed by atoms with Crippen molar-refractivity contribution in [3.63, 3.8) is 0 Å². The van der Waals surface area contributed by atoms with Crippen LogP contribution >= 0.6 is 0 Å². The molecule has 0 aromatic heterocycles. The third-order valence-electron chi connectivity index (χ3n) is 3.47. The van der Waals surface area contributed by atoms with Gasteiger partial charge in [0.05, 0.1) is 0 Å². The lowest BCUT2D eigenvalue weighted by Crippen LogP contribution is -2.63. The molecule has 1 fully saturated rings. The molecular weight excluding hydrogens is 228 g/mol. The van der Waals surface area contributed by atoms with Gasteiger partial charge in [0.15, 0.2) is 0 Å². The van der Waals surface area contributed by atoms with Gasteiger partial charge in [-0.15, -0.1) is 0 Å². The van der Waals surface area contributed by atoms with Crippen molar-refractivity contribution in [2.45, 2.75) is 66.0 Å². The van der Waals surface area contributed by atoms with E-state index in [0.29, 0.717) is 19.4 Å². The second-order valence-corrected chi connectivity index (χ2v) is 6.24. The van der Waals surface area contributed by atoms with Crippen molar-refractivity contribution in [1.82, 2.24) is 10.2 Å². The van der Waals surface area contributed by atoms with Crippen LogP contribution in [0.5, 0.6) is 0 Å². The molecule has 2 atom stereocenters. The molecular formula is C14H26N2O2. The second-order valence-electron chi connectivity index (χ2n) is 6.24. The van der Waals surface area contributed by atoms with E-state index in [0.717, 1.165) is 6.42 Å². The van der Waals surface area contributed by atoms with Gasteiger partial charge in [-0.2, -0.15) is 0 Å². The summed E-state index contributed by atoms with van der Waals surface area (Å²) in [6.45, 7) is 11.0. The highest BCUT2D eigenvalue weighted by Crippen LogP contribution is 2.22. The van der Waals surface area contributed by atoms with Crippen LogP contribution in [0.4, 0.5) is 0 Å². The molecule has 1 aliphatic heterocycles. The monoisotopic (exact) mass is 254 g/mol. The number of amides is 2. The molecule has 0 aliphatic carbocycles. The van der Waals surface area contributed by atoms with Crippen molar-refractivity contribution in [2.24, 2.45) is 5.41 Å². The van der Waals surface area contributed by atoms with Crippen LogP contribution in [0.1, 0.15) is 53.9 Å². The number of hydrogen-bond donors (Lipinski definition) is 1. The van der Waals surface area contributed by atoms with Crippen LogP contribution in [-0.2, 0) is 9.59 Å². The highest BCUT2D eigenvalue weighted by atomic mass is 16.2. The molecule has 1 heterocycles. The van der Waals surface area contributed by atoms with Gasteiger partial charge in [-0.1, -0.05) is 34.6 Å². The number of piperazine rings is 1. The Labute approximate surface area is 110 Å². The van der Waals surface area contributed by atoms with Gasteiger partial charge in [-0.05, 0) is 24.7 Å². The lowest BCUT2D eigenvalue weighted by atomic mass is 9.91. The summed E-state index contributed by atoms with van der Waals surface area (Å²) in [6, 6.07) is -0.622.